The molecule has 1 aliphatic rings. The molecule has 0 aliphatic carbocycles. The van der Waals surface area contributed by atoms with Crippen molar-refractivity contribution in [3.05, 3.63) is 70.5 Å². The molecule has 2 unspecified atom stereocenters. The van der Waals surface area contributed by atoms with Crippen LogP contribution in [0, 0.1) is 0 Å². The number of rotatable bonds is 3. The number of hydrogen-bond donors (Lipinski definition) is 1. The average molecular weight is 385 g/mol. The van der Waals surface area contributed by atoms with Gasteiger partial charge in [0.1, 0.15) is 12.1 Å². The van der Waals surface area contributed by atoms with E-state index >= 15 is 0 Å². The van der Waals surface area contributed by atoms with Crippen molar-refractivity contribution in [1.29, 1.82) is 0 Å². The maximum Gasteiger partial charge on any atom is 0.222 e. The van der Waals surface area contributed by atoms with Crippen LogP contribution in [0.2, 0.25) is 0 Å². The van der Waals surface area contributed by atoms with E-state index in [2.05, 4.69) is 61.7 Å². The van der Waals surface area contributed by atoms with Gasteiger partial charge in [-0.2, -0.15) is 10.1 Å². The Labute approximate surface area is 148 Å². The molecule has 5 nitrogen and oxygen atoms in total. The van der Waals surface area contributed by atoms with Gasteiger partial charge in [0.2, 0.25) is 5.95 Å². The zero-order valence-electron chi connectivity index (χ0n) is 13.2. The fourth-order valence-electron chi connectivity index (χ4n) is 3.19. The molecule has 0 radical (unpaired) electrons. The molecule has 24 heavy (non-hydrogen) atoms. The molecule has 1 aliphatic heterocycles. The molecule has 0 saturated carbocycles. The van der Waals surface area contributed by atoms with Gasteiger partial charge in [-0.05, 0) is 41.8 Å². The number of halogens is 1. The summed E-state index contributed by atoms with van der Waals surface area (Å²) in [5.74, 6) is 1.64. The lowest BCUT2D eigenvalue weighted by atomic mass is 9.93. The van der Waals surface area contributed by atoms with Crippen LogP contribution in [0.4, 0.5) is 5.95 Å². The molecule has 4 rings (SSSR count). The predicted octanol–water partition coefficient (Wildman–Crippen LogP) is 4.20. The molecular formula is C18H17BrN4O. The molecule has 3 aromatic rings. The molecule has 0 amide bonds. The van der Waals surface area contributed by atoms with Crippen molar-refractivity contribution < 1.29 is 4.74 Å². The number of benzene rings is 2. The van der Waals surface area contributed by atoms with Gasteiger partial charge in [0.15, 0.2) is 0 Å². The summed E-state index contributed by atoms with van der Waals surface area (Å²) in [6.07, 6.45) is 2.48. The summed E-state index contributed by atoms with van der Waals surface area (Å²) < 4.78 is 8.40. The Morgan fingerprint density at radius 3 is 2.83 bits per heavy atom. The lowest BCUT2D eigenvalue weighted by Crippen LogP contribution is -2.28. The van der Waals surface area contributed by atoms with Crippen molar-refractivity contribution in [3.8, 4) is 5.75 Å². The maximum atomic E-state index is 5.38. The number of hydrogen-bond acceptors (Lipinski definition) is 4. The third kappa shape index (κ3) is 2.78. The highest BCUT2D eigenvalue weighted by atomic mass is 79.9. The Balaban J connectivity index is 1.74. The summed E-state index contributed by atoms with van der Waals surface area (Å²) >= 11 is 3.55. The summed E-state index contributed by atoms with van der Waals surface area (Å²) in [6.45, 7) is 0. The second-order valence-corrected chi connectivity index (χ2v) is 6.72. The molecule has 2 heterocycles. The van der Waals surface area contributed by atoms with Crippen LogP contribution in [0.1, 0.15) is 29.6 Å². The van der Waals surface area contributed by atoms with Gasteiger partial charge in [-0.3, -0.25) is 0 Å². The Morgan fingerprint density at radius 1 is 1.17 bits per heavy atom. The van der Waals surface area contributed by atoms with E-state index in [1.54, 1.807) is 13.4 Å². The second-order valence-electron chi connectivity index (χ2n) is 5.81. The van der Waals surface area contributed by atoms with E-state index in [0.29, 0.717) is 0 Å². The van der Waals surface area contributed by atoms with E-state index in [9.17, 15) is 0 Å². The van der Waals surface area contributed by atoms with Gasteiger partial charge in [-0.25, -0.2) is 4.68 Å². The van der Waals surface area contributed by atoms with E-state index in [1.807, 2.05) is 22.9 Å². The lowest BCUT2D eigenvalue weighted by Gasteiger charge is -2.32. The van der Waals surface area contributed by atoms with Gasteiger partial charge in [0.25, 0.3) is 0 Å². The lowest BCUT2D eigenvalue weighted by molar-refractivity contribution is 0.406. The van der Waals surface area contributed by atoms with E-state index in [-0.39, 0.29) is 12.1 Å². The Kier molecular flexibility index (Phi) is 3.98. The molecule has 1 N–H and O–H groups in total. The maximum absolute atomic E-state index is 5.38. The molecular weight excluding hydrogens is 368 g/mol. The molecule has 0 saturated heterocycles. The van der Waals surface area contributed by atoms with Crippen molar-refractivity contribution >= 4 is 21.9 Å². The van der Waals surface area contributed by atoms with Crippen LogP contribution >= 0.6 is 15.9 Å². The summed E-state index contributed by atoms with van der Waals surface area (Å²) in [5, 5.41) is 7.89. The third-order valence-electron chi connectivity index (χ3n) is 4.36. The standard InChI is InChI=1S/C18H17BrN4O/c1-24-15-7-3-5-13(9-15)17-10-16(12-4-2-6-14(19)8-12)22-18-20-11-21-23(17)18/h2-9,11,16-17H,10H2,1H3,(H,20,21,22). The molecule has 2 aromatic carbocycles. The zero-order valence-corrected chi connectivity index (χ0v) is 14.8. The zero-order chi connectivity index (χ0) is 16.5. The van der Waals surface area contributed by atoms with Gasteiger partial charge in [-0.15, -0.1) is 0 Å². The summed E-state index contributed by atoms with van der Waals surface area (Å²) in [6, 6.07) is 16.8. The van der Waals surface area contributed by atoms with Crippen LogP contribution < -0.4 is 10.1 Å². The van der Waals surface area contributed by atoms with Gasteiger partial charge in [0.05, 0.1) is 19.2 Å². The SMILES string of the molecule is COc1cccc(C2CC(c3cccc(Br)c3)Nc3ncnn32)c1. The quantitative estimate of drug-likeness (QED) is 0.735. The van der Waals surface area contributed by atoms with Crippen LogP contribution in [0.3, 0.4) is 0 Å². The van der Waals surface area contributed by atoms with E-state index in [1.165, 1.54) is 11.1 Å². The summed E-state index contributed by atoms with van der Waals surface area (Å²) in [7, 11) is 1.69. The minimum Gasteiger partial charge on any atom is -0.497 e. The first-order valence-electron chi connectivity index (χ1n) is 7.80. The summed E-state index contributed by atoms with van der Waals surface area (Å²) in [4.78, 5) is 4.37. The molecule has 2 atom stereocenters. The molecule has 6 heteroatoms. The average Bonchev–Trinajstić information content (AvgIpc) is 3.09. The monoisotopic (exact) mass is 384 g/mol. The van der Waals surface area contributed by atoms with Crippen molar-refractivity contribution in [2.24, 2.45) is 0 Å². The van der Waals surface area contributed by atoms with Gasteiger partial charge in [0, 0.05) is 4.47 Å². The fourth-order valence-corrected chi connectivity index (χ4v) is 3.61. The molecule has 0 spiro atoms. The van der Waals surface area contributed by atoms with Crippen LogP contribution in [-0.4, -0.2) is 21.9 Å². The Bertz CT molecular complexity index is 863. The van der Waals surface area contributed by atoms with Crippen LogP contribution in [0.15, 0.2) is 59.3 Å². The number of aromatic nitrogens is 3. The number of nitrogens with zero attached hydrogens (tertiary/aromatic N) is 3. The van der Waals surface area contributed by atoms with E-state index in [0.717, 1.165) is 22.6 Å². The van der Waals surface area contributed by atoms with Gasteiger partial charge in [-0.1, -0.05) is 40.2 Å². The normalized spacial score (nSPS) is 19.4. The number of nitrogens with one attached hydrogen (secondary N) is 1. The number of fused-ring (bicyclic) bond motifs is 1. The smallest absolute Gasteiger partial charge is 0.222 e. The first kappa shape index (κ1) is 15.2. The number of methoxy groups -OCH3 is 1. The Hall–Kier alpha value is -2.34. The highest BCUT2D eigenvalue weighted by molar-refractivity contribution is 9.10. The second kappa shape index (κ2) is 6.28. The van der Waals surface area contributed by atoms with Gasteiger partial charge >= 0.3 is 0 Å². The van der Waals surface area contributed by atoms with Crippen molar-refractivity contribution in [1.82, 2.24) is 14.8 Å². The largest absolute Gasteiger partial charge is 0.497 e. The fraction of sp³-hybridized carbons (Fsp3) is 0.222. The topological polar surface area (TPSA) is 52.0 Å². The van der Waals surface area contributed by atoms with Crippen molar-refractivity contribution in [3.63, 3.8) is 0 Å². The highest BCUT2D eigenvalue weighted by Crippen LogP contribution is 2.38. The van der Waals surface area contributed by atoms with E-state index in [4.69, 9.17) is 4.74 Å². The Morgan fingerprint density at radius 2 is 2.00 bits per heavy atom. The molecule has 122 valence electrons. The van der Waals surface area contributed by atoms with Crippen molar-refractivity contribution in [2.75, 3.05) is 12.4 Å². The van der Waals surface area contributed by atoms with Gasteiger partial charge < -0.3 is 10.1 Å². The minimum atomic E-state index is 0.114. The minimum absolute atomic E-state index is 0.114. The highest BCUT2D eigenvalue weighted by Gasteiger charge is 2.30. The molecule has 0 fully saturated rings. The summed E-state index contributed by atoms with van der Waals surface area (Å²) in [5.41, 5.74) is 2.40. The number of anilines is 1. The third-order valence-corrected chi connectivity index (χ3v) is 4.85. The molecule has 1 aromatic heterocycles. The first-order chi connectivity index (χ1) is 11.7. The number of ether oxygens (including phenoxy) is 1. The van der Waals surface area contributed by atoms with Crippen molar-refractivity contribution in [2.45, 2.75) is 18.5 Å². The first-order valence-corrected chi connectivity index (χ1v) is 8.59. The predicted molar refractivity (Wildman–Crippen MR) is 96.3 cm³/mol. The van der Waals surface area contributed by atoms with E-state index < -0.39 is 0 Å². The van der Waals surface area contributed by atoms with Crippen LogP contribution in [-0.2, 0) is 0 Å². The molecule has 0 bridgehead atoms. The van der Waals surface area contributed by atoms with Crippen LogP contribution in [0.25, 0.3) is 0 Å². The van der Waals surface area contributed by atoms with Crippen LogP contribution in [0.5, 0.6) is 5.75 Å².